The Hall–Kier alpha value is -9.72. The lowest BCUT2D eigenvalue weighted by Crippen LogP contribution is -2.23. The first-order valence-electron chi connectivity index (χ1n) is 19.3. The number of carboxylic acid groups (broad SMARTS) is 2. The molecule has 0 aliphatic heterocycles. The molecule has 65 heavy (non-hydrogen) atoms. The highest BCUT2D eigenvalue weighted by Gasteiger charge is 2.23. The zero-order valence-electron chi connectivity index (χ0n) is 34.4. The van der Waals surface area contributed by atoms with Crippen molar-refractivity contribution >= 4 is 40.9 Å². The molecule has 0 fully saturated rings. The Morgan fingerprint density at radius 1 is 0.631 bits per heavy atom. The number of Topliss-reactive ketones (excluding diaryl/α,β-unsaturated/α-hetero) is 1. The fourth-order valence-corrected chi connectivity index (χ4v) is 6.36. The Balaban J connectivity index is 0.000000224. The number of para-hydroxylation sites is 1. The van der Waals surface area contributed by atoms with Crippen molar-refractivity contribution in [1.29, 1.82) is 10.5 Å². The molecular formula is C49H34N8O8. The quantitative estimate of drug-likeness (QED) is 0.0858. The van der Waals surface area contributed by atoms with Gasteiger partial charge in [0.2, 0.25) is 0 Å². The van der Waals surface area contributed by atoms with Gasteiger partial charge in [0.05, 0.1) is 62.6 Å². The minimum atomic E-state index is -1.30. The van der Waals surface area contributed by atoms with Crippen LogP contribution in [0.4, 0.5) is 11.4 Å². The van der Waals surface area contributed by atoms with E-state index in [1.54, 1.807) is 49.0 Å². The molecule has 0 bridgehead atoms. The van der Waals surface area contributed by atoms with Gasteiger partial charge in [-0.3, -0.25) is 33.8 Å². The Kier molecular flexibility index (Phi) is 13.9. The van der Waals surface area contributed by atoms with Gasteiger partial charge in [-0.1, -0.05) is 48.2 Å². The van der Waals surface area contributed by atoms with Crippen molar-refractivity contribution in [2.45, 2.75) is 13.3 Å². The van der Waals surface area contributed by atoms with Crippen LogP contribution in [0.1, 0.15) is 85.3 Å². The van der Waals surface area contributed by atoms with Gasteiger partial charge >= 0.3 is 11.9 Å². The average molecular weight is 863 g/mol. The minimum absolute atomic E-state index is 0.0133. The second kappa shape index (κ2) is 20.2. The molecule has 7 aromatic rings. The molecule has 7 rings (SSSR count). The summed E-state index contributed by atoms with van der Waals surface area (Å²) in [5.74, 6) is 1.79. The number of aromatic nitrogens is 4. The van der Waals surface area contributed by atoms with E-state index in [0.717, 1.165) is 11.6 Å². The Labute approximate surface area is 370 Å². The van der Waals surface area contributed by atoms with Gasteiger partial charge in [0.25, 0.3) is 17.4 Å². The molecule has 0 aliphatic rings. The van der Waals surface area contributed by atoms with Crippen molar-refractivity contribution in [3.05, 3.63) is 206 Å². The highest BCUT2D eigenvalue weighted by molar-refractivity contribution is 6.09. The summed E-state index contributed by atoms with van der Waals surface area (Å²) >= 11 is 0. The van der Waals surface area contributed by atoms with Crippen molar-refractivity contribution in [2.75, 3.05) is 10.6 Å². The number of hydrogen-bond donors (Lipinski definition) is 4. The lowest BCUT2D eigenvalue weighted by atomic mass is 10.0. The maximum atomic E-state index is 13.2. The number of carbonyl (C=O) groups is 5. The highest BCUT2D eigenvalue weighted by atomic mass is 16.4. The molecule has 318 valence electrons. The predicted molar refractivity (Wildman–Crippen MR) is 237 cm³/mol. The standard InChI is InChI=1S/C27H21N5O5.C22H13N3O3/c1-16-24(26(35)32(31(16)2)20-6-4-3-5-7-20)23(33)12-18-10-19(15-29-14-18)25(34)30-22-9-8-17(13-28)11-21(22)27(36)37;23-12-16-8-9-20(19(11-16)22(27)28)25-21(26)18-10-17(13-24-14-18)7-6-15-4-2-1-3-5-15/h3-11,14-15H,12H2,1-2H3,(H,30,34)(H,36,37);1-5,8-11,13-14H,(H,25,26)(H,27,28). The summed E-state index contributed by atoms with van der Waals surface area (Å²) in [6, 6.07) is 33.0. The van der Waals surface area contributed by atoms with Crippen LogP contribution in [0, 0.1) is 41.4 Å². The van der Waals surface area contributed by atoms with Crippen LogP contribution in [0.2, 0.25) is 0 Å². The van der Waals surface area contributed by atoms with Gasteiger partial charge in [0, 0.05) is 55.1 Å². The van der Waals surface area contributed by atoms with E-state index in [-0.39, 0.29) is 56.7 Å². The van der Waals surface area contributed by atoms with E-state index in [0.29, 0.717) is 22.5 Å². The molecule has 3 heterocycles. The Morgan fingerprint density at radius 3 is 1.68 bits per heavy atom. The lowest BCUT2D eigenvalue weighted by molar-refractivity contribution is 0.0687. The summed E-state index contributed by atoms with van der Waals surface area (Å²) < 4.78 is 3.03. The van der Waals surface area contributed by atoms with Gasteiger partial charge in [-0.25, -0.2) is 14.3 Å². The number of nitrogens with one attached hydrogen (secondary N) is 2. The number of anilines is 2. The molecule has 16 heteroatoms. The fourth-order valence-electron chi connectivity index (χ4n) is 6.36. The lowest BCUT2D eigenvalue weighted by Gasteiger charge is -2.09. The largest absolute Gasteiger partial charge is 0.478 e. The van der Waals surface area contributed by atoms with Crippen LogP contribution in [-0.4, -0.2) is 59.1 Å². The molecule has 0 radical (unpaired) electrons. The number of nitrogens with zero attached hydrogens (tertiary/aromatic N) is 6. The van der Waals surface area contributed by atoms with E-state index in [4.69, 9.17) is 10.5 Å². The third kappa shape index (κ3) is 10.8. The summed E-state index contributed by atoms with van der Waals surface area (Å²) in [6.07, 6.45) is 5.45. The van der Waals surface area contributed by atoms with Crippen molar-refractivity contribution in [2.24, 2.45) is 7.05 Å². The summed E-state index contributed by atoms with van der Waals surface area (Å²) in [7, 11) is 1.70. The SMILES string of the molecule is Cc1c(C(=O)Cc2cncc(C(=O)Nc3ccc(C#N)cc3C(=O)O)c2)c(=O)n(-c2ccccc2)n1C.N#Cc1ccc(NC(=O)c2cncc(C#Cc3ccccc3)c2)c(C(=O)O)c1. The van der Waals surface area contributed by atoms with E-state index in [1.807, 2.05) is 48.5 Å². The smallest absolute Gasteiger partial charge is 0.337 e. The molecule has 0 spiro atoms. The molecule has 3 aromatic heterocycles. The monoisotopic (exact) mass is 862 g/mol. The topological polar surface area (TPSA) is 250 Å². The number of nitriles is 2. The average Bonchev–Trinajstić information content (AvgIpc) is 3.55. The van der Waals surface area contributed by atoms with Crippen LogP contribution in [0.15, 0.2) is 139 Å². The third-order valence-electron chi connectivity index (χ3n) is 9.63. The first kappa shape index (κ1) is 44.8. The molecule has 2 amide bonds. The maximum absolute atomic E-state index is 13.2. The Bertz CT molecular complexity index is 3220. The zero-order chi connectivity index (χ0) is 46.6. The van der Waals surface area contributed by atoms with Crippen LogP contribution in [0.5, 0.6) is 0 Å². The fraction of sp³-hybridized carbons (Fsp3) is 0.0612. The van der Waals surface area contributed by atoms with Crippen molar-refractivity contribution in [3.63, 3.8) is 0 Å². The predicted octanol–water partition coefficient (Wildman–Crippen LogP) is 6.43. The number of ketones is 1. The molecule has 0 aliphatic carbocycles. The van der Waals surface area contributed by atoms with E-state index >= 15 is 0 Å². The number of aromatic carboxylic acids is 2. The second-order valence-corrected chi connectivity index (χ2v) is 14.0. The van der Waals surface area contributed by atoms with E-state index in [9.17, 15) is 39.0 Å². The molecule has 0 saturated carbocycles. The molecule has 4 aromatic carbocycles. The van der Waals surface area contributed by atoms with Crippen LogP contribution < -0.4 is 16.2 Å². The van der Waals surface area contributed by atoms with Gasteiger partial charge in [-0.15, -0.1) is 0 Å². The van der Waals surface area contributed by atoms with E-state index < -0.39 is 35.1 Å². The first-order valence-corrected chi connectivity index (χ1v) is 19.3. The summed E-state index contributed by atoms with van der Waals surface area (Å²) in [4.78, 5) is 82.6. The van der Waals surface area contributed by atoms with E-state index in [1.165, 1.54) is 65.9 Å². The van der Waals surface area contributed by atoms with Crippen molar-refractivity contribution < 1.29 is 34.2 Å². The van der Waals surface area contributed by atoms with Gasteiger partial charge in [-0.2, -0.15) is 10.5 Å². The molecular weight excluding hydrogens is 829 g/mol. The molecule has 0 atom stereocenters. The number of benzene rings is 4. The van der Waals surface area contributed by atoms with Crippen LogP contribution in [-0.2, 0) is 13.5 Å². The van der Waals surface area contributed by atoms with Crippen LogP contribution in [0.25, 0.3) is 5.69 Å². The summed E-state index contributed by atoms with van der Waals surface area (Å²) in [6.45, 7) is 1.69. The number of carbonyl (C=O) groups excluding carboxylic acids is 3. The van der Waals surface area contributed by atoms with Crippen molar-refractivity contribution in [1.82, 2.24) is 19.3 Å². The molecule has 0 unspecified atom stereocenters. The van der Waals surface area contributed by atoms with Gasteiger partial charge in [0.15, 0.2) is 5.78 Å². The summed E-state index contributed by atoms with van der Waals surface area (Å²) in [5.41, 5.74) is 2.89. The highest BCUT2D eigenvalue weighted by Crippen LogP contribution is 2.21. The maximum Gasteiger partial charge on any atom is 0.337 e. The van der Waals surface area contributed by atoms with Gasteiger partial charge in [0.1, 0.15) is 5.56 Å². The normalized spacial score (nSPS) is 10.1. The zero-order valence-corrected chi connectivity index (χ0v) is 34.4. The minimum Gasteiger partial charge on any atom is -0.478 e. The third-order valence-corrected chi connectivity index (χ3v) is 9.63. The number of hydrogen-bond acceptors (Lipinski definition) is 10. The Morgan fingerprint density at radius 2 is 1.14 bits per heavy atom. The van der Waals surface area contributed by atoms with Crippen LogP contribution in [0.3, 0.4) is 0 Å². The van der Waals surface area contributed by atoms with Gasteiger partial charge in [-0.05, 0) is 85.3 Å². The molecule has 16 nitrogen and oxygen atoms in total. The van der Waals surface area contributed by atoms with E-state index in [2.05, 4.69) is 32.4 Å². The van der Waals surface area contributed by atoms with Crippen molar-refractivity contribution in [3.8, 4) is 29.7 Å². The summed E-state index contributed by atoms with van der Waals surface area (Å²) in [5, 5.41) is 41.7. The number of rotatable bonds is 10. The van der Waals surface area contributed by atoms with Crippen LogP contribution >= 0.6 is 0 Å². The second-order valence-electron chi connectivity index (χ2n) is 14.0. The van der Waals surface area contributed by atoms with Gasteiger partial charge < -0.3 is 20.8 Å². The number of pyridine rings is 2. The first-order chi connectivity index (χ1) is 31.3. The number of amides is 2. The number of carboxylic acids is 2. The molecule has 4 N–H and O–H groups in total. The molecule has 0 saturated heterocycles.